The summed E-state index contributed by atoms with van der Waals surface area (Å²) in [5, 5.41) is 54.3. The first-order chi connectivity index (χ1) is 29.8. The van der Waals surface area contributed by atoms with Crippen LogP contribution in [0.25, 0.3) is 0 Å². The van der Waals surface area contributed by atoms with Gasteiger partial charge in [0.25, 0.3) is 0 Å². The van der Waals surface area contributed by atoms with Crippen LogP contribution in [-0.4, -0.2) is 87.5 Å². The molecule has 0 aliphatic carbocycles. The Morgan fingerprint density at radius 2 is 0.967 bits per heavy atom. The van der Waals surface area contributed by atoms with Crippen LogP contribution in [0.3, 0.4) is 0 Å². The van der Waals surface area contributed by atoms with Crippen molar-refractivity contribution in [2.24, 2.45) is 0 Å². The Hall–Kier alpha value is -1.33. The van der Waals surface area contributed by atoms with Gasteiger partial charge in [-0.2, -0.15) is 0 Å². The smallest absolute Gasteiger partial charge is 0.220 e. The molecule has 1 heterocycles. The van der Waals surface area contributed by atoms with E-state index in [-0.39, 0.29) is 12.5 Å². The summed E-state index contributed by atoms with van der Waals surface area (Å²) in [5.74, 6) is -0.146. The van der Waals surface area contributed by atoms with Crippen LogP contribution in [0, 0.1) is 0 Å². The van der Waals surface area contributed by atoms with E-state index in [1.54, 1.807) is 0 Å². The van der Waals surface area contributed by atoms with E-state index in [2.05, 4.69) is 43.5 Å². The van der Waals surface area contributed by atoms with Gasteiger partial charge in [0.15, 0.2) is 6.29 Å². The molecule has 7 unspecified atom stereocenters. The minimum atomic E-state index is -1.55. The summed E-state index contributed by atoms with van der Waals surface area (Å²) in [6.07, 6.45) is 45.1. The number of carbonyl (C=O) groups excluding carboxylic acids is 1. The van der Waals surface area contributed by atoms with Gasteiger partial charge in [-0.05, 0) is 44.9 Å². The first-order valence-electron chi connectivity index (χ1n) is 26.0. The molecule has 1 fully saturated rings. The molecule has 360 valence electrons. The minimum absolute atomic E-state index is 0.137. The van der Waals surface area contributed by atoms with Crippen molar-refractivity contribution >= 4 is 5.91 Å². The van der Waals surface area contributed by atoms with Gasteiger partial charge in [-0.25, -0.2) is 0 Å². The van der Waals surface area contributed by atoms with Crippen LogP contribution in [0.2, 0.25) is 0 Å². The molecule has 61 heavy (non-hydrogen) atoms. The van der Waals surface area contributed by atoms with Gasteiger partial charge < -0.3 is 40.3 Å². The molecule has 0 aromatic carbocycles. The van der Waals surface area contributed by atoms with Crippen LogP contribution in [0.15, 0.2) is 24.3 Å². The quantitative estimate of drug-likeness (QED) is 0.0262. The largest absolute Gasteiger partial charge is 0.394 e. The Labute approximate surface area is 375 Å². The summed E-state index contributed by atoms with van der Waals surface area (Å²) >= 11 is 0. The van der Waals surface area contributed by atoms with Crippen molar-refractivity contribution < 1.29 is 39.8 Å². The first kappa shape index (κ1) is 57.7. The van der Waals surface area contributed by atoms with Gasteiger partial charge in [0.1, 0.15) is 24.4 Å². The van der Waals surface area contributed by atoms with Gasteiger partial charge in [0.05, 0.1) is 25.4 Å². The molecular formula is C52H99NO8. The molecule has 9 heteroatoms. The zero-order valence-electron chi connectivity index (χ0n) is 39.7. The molecule has 1 aliphatic heterocycles. The molecule has 7 atom stereocenters. The number of hydrogen-bond donors (Lipinski definition) is 6. The van der Waals surface area contributed by atoms with Crippen molar-refractivity contribution in [1.29, 1.82) is 0 Å². The average molecular weight is 866 g/mol. The number of ether oxygens (including phenoxy) is 2. The zero-order chi connectivity index (χ0) is 44.4. The number of amides is 1. The fourth-order valence-corrected chi connectivity index (χ4v) is 8.37. The normalized spacial score (nSPS) is 20.5. The molecule has 1 amide bonds. The second kappa shape index (κ2) is 42.6. The molecule has 1 rings (SSSR count). The second-order valence-corrected chi connectivity index (χ2v) is 18.3. The van der Waals surface area contributed by atoms with E-state index in [9.17, 15) is 30.3 Å². The zero-order valence-corrected chi connectivity index (χ0v) is 39.7. The maximum absolute atomic E-state index is 13.0. The van der Waals surface area contributed by atoms with Gasteiger partial charge in [-0.15, -0.1) is 0 Å². The van der Waals surface area contributed by atoms with E-state index in [4.69, 9.17) is 9.47 Å². The summed E-state index contributed by atoms with van der Waals surface area (Å²) in [6.45, 7) is 3.82. The van der Waals surface area contributed by atoms with Gasteiger partial charge in [-0.3, -0.25) is 4.79 Å². The molecule has 0 saturated carbocycles. The number of nitrogens with one attached hydrogen (secondary N) is 1. The lowest BCUT2D eigenvalue weighted by Crippen LogP contribution is -2.60. The predicted molar refractivity (Wildman–Crippen MR) is 253 cm³/mol. The monoisotopic (exact) mass is 866 g/mol. The van der Waals surface area contributed by atoms with Crippen molar-refractivity contribution in [2.45, 2.75) is 288 Å². The highest BCUT2D eigenvalue weighted by Crippen LogP contribution is 2.23. The van der Waals surface area contributed by atoms with Crippen LogP contribution in [0.5, 0.6) is 0 Å². The van der Waals surface area contributed by atoms with Crippen LogP contribution in [0.1, 0.15) is 245 Å². The van der Waals surface area contributed by atoms with E-state index in [0.29, 0.717) is 12.8 Å². The third-order valence-electron chi connectivity index (χ3n) is 12.6. The topological polar surface area (TPSA) is 149 Å². The fourth-order valence-electron chi connectivity index (χ4n) is 8.37. The standard InChI is InChI=1S/C52H99NO8/c1-3-5-7-9-11-13-14-15-16-17-18-19-20-21-22-23-24-25-26-27-28-29-30-31-32-34-36-38-40-42-48(56)53-45(46(55)41-39-37-35-33-12-10-8-6-4-2)44-60-52-51(59)50(58)49(57)47(43-54)61-52/h18-19,21-22,45-47,49-52,54-55,57-59H,3-17,20,23-44H2,1-2H3,(H,53,56)/b19-18-,22-21-. The van der Waals surface area contributed by atoms with Crippen molar-refractivity contribution in [3.05, 3.63) is 24.3 Å². The third-order valence-corrected chi connectivity index (χ3v) is 12.6. The number of rotatable bonds is 44. The minimum Gasteiger partial charge on any atom is -0.394 e. The van der Waals surface area contributed by atoms with Crippen LogP contribution in [-0.2, 0) is 14.3 Å². The van der Waals surface area contributed by atoms with Gasteiger partial charge in [-0.1, -0.05) is 218 Å². The van der Waals surface area contributed by atoms with Crippen LogP contribution in [0.4, 0.5) is 0 Å². The molecule has 1 saturated heterocycles. The molecule has 0 aromatic rings. The van der Waals surface area contributed by atoms with Crippen molar-refractivity contribution in [3.63, 3.8) is 0 Å². The highest BCUT2D eigenvalue weighted by molar-refractivity contribution is 5.76. The molecule has 6 N–H and O–H groups in total. The van der Waals surface area contributed by atoms with Crippen molar-refractivity contribution in [3.8, 4) is 0 Å². The van der Waals surface area contributed by atoms with Crippen molar-refractivity contribution in [1.82, 2.24) is 5.32 Å². The fraction of sp³-hybridized carbons (Fsp3) is 0.904. The summed E-state index contributed by atoms with van der Waals surface area (Å²) in [6, 6.07) is -0.715. The number of unbranched alkanes of at least 4 members (excludes halogenated alkanes) is 30. The summed E-state index contributed by atoms with van der Waals surface area (Å²) < 4.78 is 11.2. The molecule has 0 radical (unpaired) electrons. The van der Waals surface area contributed by atoms with E-state index in [1.807, 2.05) is 0 Å². The Morgan fingerprint density at radius 1 is 0.557 bits per heavy atom. The van der Waals surface area contributed by atoms with E-state index in [1.165, 1.54) is 173 Å². The Morgan fingerprint density at radius 3 is 1.41 bits per heavy atom. The summed E-state index contributed by atoms with van der Waals surface area (Å²) in [4.78, 5) is 13.0. The third kappa shape index (κ3) is 32.9. The highest BCUT2D eigenvalue weighted by Gasteiger charge is 2.44. The Kier molecular flexibility index (Phi) is 40.3. The molecule has 0 spiro atoms. The Bertz CT molecular complexity index is 1010. The number of hydrogen-bond acceptors (Lipinski definition) is 8. The number of aliphatic hydroxyl groups is 5. The highest BCUT2D eigenvalue weighted by atomic mass is 16.7. The lowest BCUT2D eigenvalue weighted by molar-refractivity contribution is -0.302. The lowest BCUT2D eigenvalue weighted by atomic mass is 9.99. The average Bonchev–Trinajstić information content (AvgIpc) is 3.26. The molecule has 0 bridgehead atoms. The van der Waals surface area contributed by atoms with Gasteiger partial charge >= 0.3 is 0 Å². The number of aliphatic hydroxyl groups excluding tert-OH is 5. The predicted octanol–water partition coefficient (Wildman–Crippen LogP) is 11.8. The SMILES string of the molecule is CCCCCCCCCCC/C=C\C/C=C\CCCCCCCCCCCCCCCC(=O)NC(COC1OC(CO)C(O)C(O)C1O)C(O)CCCCCCCCCCC. The Balaban J connectivity index is 2.12. The lowest BCUT2D eigenvalue weighted by Gasteiger charge is -2.40. The number of allylic oxidation sites excluding steroid dienone is 4. The molecule has 9 nitrogen and oxygen atoms in total. The number of carbonyl (C=O) groups is 1. The summed E-state index contributed by atoms with van der Waals surface area (Å²) in [7, 11) is 0. The molecule has 1 aliphatic rings. The summed E-state index contributed by atoms with van der Waals surface area (Å²) in [5.41, 5.74) is 0. The maximum atomic E-state index is 13.0. The van der Waals surface area contributed by atoms with Crippen LogP contribution < -0.4 is 5.32 Å². The van der Waals surface area contributed by atoms with Gasteiger partial charge in [0, 0.05) is 6.42 Å². The first-order valence-corrected chi connectivity index (χ1v) is 26.0. The second-order valence-electron chi connectivity index (χ2n) is 18.3. The molecule has 0 aromatic heterocycles. The maximum Gasteiger partial charge on any atom is 0.220 e. The molecular weight excluding hydrogens is 767 g/mol. The van der Waals surface area contributed by atoms with E-state index < -0.39 is 49.5 Å². The van der Waals surface area contributed by atoms with E-state index >= 15 is 0 Å². The van der Waals surface area contributed by atoms with E-state index in [0.717, 1.165) is 44.9 Å². The van der Waals surface area contributed by atoms with Gasteiger partial charge in [0.2, 0.25) is 5.91 Å². The van der Waals surface area contributed by atoms with Crippen molar-refractivity contribution in [2.75, 3.05) is 13.2 Å². The van der Waals surface area contributed by atoms with Crippen LogP contribution >= 0.6 is 0 Å².